The third-order valence-corrected chi connectivity index (χ3v) is 6.79. The van der Waals surface area contributed by atoms with E-state index >= 15 is 0 Å². The highest BCUT2D eigenvalue weighted by Crippen LogP contribution is 2.38. The molecule has 0 aliphatic carbocycles. The van der Waals surface area contributed by atoms with E-state index in [4.69, 9.17) is 18.9 Å². The van der Waals surface area contributed by atoms with Gasteiger partial charge in [-0.05, 0) is 48.7 Å². The van der Waals surface area contributed by atoms with Crippen molar-refractivity contribution in [3.63, 3.8) is 0 Å². The van der Waals surface area contributed by atoms with Gasteiger partial charge in [0.1, 0.15) is 17.6 Å². The monoisotopic (exact) mass is 474 g/mol. The van der Waals surface area contributed by atoms with Crippen LogP contribution in [0.4, 0.5) is 0 Å². The fraction of sp³-hybridized carbons (Fsp3) is 0.357. The summed E-state index contributed by atoms with van der Waals surface area (Å²) in [6, 6.07) is 23.1. The molecule has 0 saturated carbocycles. The van der Waals surface area contributed by atoms with E-state index in [0.29, 0.717) is 57.4 Å². The van der Waals surface area contributed by atoms with Gasteiger partial charge in [-0.15, -0.1) is 0 Å². The predicted octanol–water partition coefficient (Wildman–Crippen LogP) is 4.53. The van der Waals surface area contributed by atoms with Crippen molar-refractivity contribution in [1.29, 1.82) is 0 Å². The molecule has 0 unspecified atom stereocenters. The van der Waals surface area contributed by atoms with Gasteiger partial charge in [-0.2, -0.15) is 0 Å². The van der Waals surface area contributed by atoms with Gasteiger partial charge in [-0.25, -0.2) is 4.98 Å². The minimum atomic E-state index is -0.561. The number of ether oxygens (including phenoxy) is 4. The molecule has 2 aliphatic heterocycles. The van der Waals surface area contributed by atoms with Crippen LogP contribution in [0.1, 0.15) is 30.2 Å². The van der Waals surface area contributed by atoms with Gasteiger partial charge in [0.2, 0.25) is 11.8 Å². The second-order valence-electron chi connectivity index (χ2n) is 8.85. The summed E-state index contributed by atoms with van der Waals surface area (Å²) in [5.41, 5.74) is 1.24. The van der Waals surface area contributed by atoms with Crippen LogP contribution < -0.4 is 9.47 Å². The van der Waals surface area contributed by atoms with Crippen LogP contribution in [0.5, 0.6) is 17.4 Å². The van der Waals surface area contributed by atoms with Crippen molar-refractivity contribution in [3.8, 4) is 17.4 Å². The lowest BCUT2D eigenvalue weighted by atomic mass is 9.73. The van der Waals surface area contributed by atoms with Crippen LogP contribution in [0.2, 0.25) is 0 Å². The first-order chi connectivity index (χ1) is 17.2. The lowest BCUT2D eigenvalue weighted by molar-refractivity contribution is -0.149. The van der Waals surface area contributed by atoms with Crippen molar-refractivity contribution < 1.29 is 23.7 Å². The highest BCUT2D eigenvalue weighted by molar-refractivity contribution is 5.88. The molecule has 7 heteroatoms. The summed E-state index contributed by atoms with van der Waals surface area (Å²) >= 11 is 0. The molecule has 1 aromatic heterocycles. The Hall–Kier alpha value is -3.42. The van der Waals surface area contributed by atoms with Crippen molar-refractivity contribution in [2.45, 2.75) is 24.4 Å². The molecule has 5 rings (SSSR count). The molecular formula is C28H30N2O5. The fourth-order valence-corrected chi connectivity index (χ4v) is 4.85. The number of benzene rings is 2. The van der Waals surface area contributed by atoms with E-state index in [1.54, 1.807) is 7.11 Å². The largest absolute Gasteiger partial charge is 0.497 e. The maximum atomic E-state index is 14.0. The van der Waals surface area contributed by atoms with E-state index in [1.165, 1.54) is 0 Å². The van der Waals surface area contributed by atoms with Gasteiger partial charge in [-0.3, -0.25) is 4.79 Å². The Labute approximate surface area is 205 Å². The molecule has 2 saturated heterocycles. The Bertz CT molecular complexity index is 1130. The average Bonchev–Trinajstić information content (AvgIpc) is 2.94. The number of hydrogen-bond acceptors (Lipinski definition) is 6. The normalized spacial score (nSPS) is 19.7. The Morgan fingerprint density at radius 3 is 2.43 bits per heavy atom. The lowest BCUT2D eigenvalue weighted by Crippen LogP contribution is -2.53. The molecule has 3 aromatic rings. The Balaban J connectivity index is 1.33. The van der Waals surface area contributed by atoms with Crippen molar-refractivity contribution in [3.05, 3.63) is 84.1 Å². The Morgan fingerprint density at radius 2 is 1.69 bits per heavy atom. The van der Waals surface area contributed by atoms with Crippen LogP contribution in [-0.2, 0) is 19.7 Å². The SMILES string of the molecule is COc1ccc(Oc2cccc([C@H]3CN(C(=O)C4(c5ccccc5)CCOCC4)CCO3)n2)cc1. The molecule has 3 heterocycles. The van der Waals surface area contributed by atoms with Crippen LogP contribution in [-0.4, -0.2) is 55.8 Å². The van der Waals surface area contributed by atoms with Crippen LogP contribution in [0, 0.1) is 0 Å². The second kappa shape index (κ2) is 10.5. The summed E-state index contributed by atoms with van der Waals surface area (Å²) in [7, 11) is 1.63. The van der Waals surface area contributed by atoms with E-state index in [2.05, 4.69) is 17.1 Å². The predicted molar refractivity (Wildman–Crippen MR) is 131 cm³/mol. The molecule has 0 radical (unpaired) electrons. The van der Waals surface area contributed by atoms with E-state index in [0.717, 1.165) is 17.0 Å². The average molecular weight is 475 g/mol. The third-order valence-electron chi connectivity index (χ3n) is 6.79. The molecular weight excluding hydrogens is 444 g/mol. The van der Waals surface area contributed by atoms with Crippen LogP contribution in [0.15, 0.2) is 72.8 Å². The van der Waals surface area contributed by atoms with Crippen molar-refractivity contribution >= 4 is 5.91 Å². The molecule has 35 heavy (non-hydrogen) atoms. The molecule has 2 aliphatic rings. The smallest absolute Gasteiger partial charge is 0.233 e. The molecule has 0 bridgehead atoms. The van der Waals surface area contributed by atoms with E-state index in [1.807, 2.05) is 65.6 Å². The van der Waals surface area contributed by atoms with E-state index in [9.17, 15) is 4.79 Å². The van der Waals surface area contributed by atoms with Gasteiger partial charge >= 0.3 is 0 Å². The van der Waals surface area contributed by atoms with Gasteiger partial charge in [-0.1, -0.05) is 36.4 Å². The Morgan fingerprint density at radius 1 is 0.943 bits per heavy atom. The third kappa shape index (κ3) is 5.01. The first-order valence-corrected chi connectivity index (χ1v) is 12.0. The zero-order chi connectivity index (χ0) is 24.1. The summed E-state index contributed by atoms with van der Waals surface area (Å²) in [6.07, 6.45) is 1.04. The number of methoxy groups -OCH3 is 1. The van der Waals surface area contributed by atoms with Crippen molar-refractivity contribution in [2.24, 2.45) is 0 Å². The molecule has 0 N–H and O–H groups in total. The molecule has 1 amide bonds. The summed E-state index contributed by atoms with van der Waals surface area (Å²) in [6.45, 7) is 2.64. The minimum Gasteiger partial charge on any atom is -0.497 e. The van der Waals surface area contributed by atoms with Gasteiger partial charge in [0.15, 0.2) is 0 Å². The van der Waals surface area contributed by atoms with E-state index in [-0.39, 0.29) is 12.0 Å². The molecule has 2 fully saturated rings. The number of amides is 1. The number of rotatable bonds is 6. The zero-order valence-electron chi connectivity index (χ0n) is 19.9. The number of nitrogens with zero attached hydrogens (tertiary/aromatic N) is 2. The number of aromatic nitrogens is 1. The minimum absolute atomic E-state index is 0.144. The van der Waals surface area contributed by atoms with Crippen LogP contribution in [0.3, 0.4) is 0 Å². The van der Waals surface area contributed by atoms with Gasteiger partial charge in [0, 0.05) is 25.8 Å². The summed E-state index contributed by atoms with van der Waals surface area (Å²) in [5.74, 6) is 2.05. The van der Waals surface area contributed by atoms with Crippen LogP contribution >= 0.6 is 0 Å². The van der Waals surface area contributed by atoms with Crippen LogP contribution in [0.25, 0.3) is 0 Å². The number of carbonyl (C=O) groups excluding carboxylic acids is 1. The number of carbonyl (C=O) groups is 1. The first kappa shape index (κ1) is 23.3. The van der Waals surface area contributed by atoms with Crippen molar-refractivity contribution in [2.75, 3.05) is 40.0 Å². The van der Waals surface area contributed by atoms with Gasteiger partial charge in [0.05, 0.1) is 31.4 Å². The number of pyridine rings is 1. The molecule has 0 spiro atoms. The molecule has 1 atom stereocenters. The van der Waals surface area contributed by atoms with Crippen molar-refractivity contribution in [1.82, 2.24) is 9.88 Å². The highest BCUT2D eigenvalue weighted by Gasteiger charge is 2.45. The van der Waals surface area contributed by atoms with Gasteiger partial charge in [0.25, 0.3) is 0 Å². The highest BCUT2D eigenvalue weighted by atomic mass is 16.5. The maximum absolute atomic E-state index is 14.0. The first-order valence-electron chi connectivity index (χ1n) is 12.0. The van der Waals surface area contributed by atoms with Gasteiger partial charge < -0.3 is 23.8 Å². The lowest BCUT2D eigenvalue weighted by Gasteiger charge is -2.42. The number of hydrogen-bond donors (Lipinski definition) is 0. The summed E-state index contributed by atoms with van der Waals surface area (Å²) in [4.78, 5) is 20.6. The molecule has 2 aromatic carbocycles. The molecule has 182 valence electrons. The summed E-state index contributed by atoms with van der Waals surface area (Å²) < 4.78 is 22.8. The second-order valence-corrected chi connectivity index (χ2v) is 8.85. The zero-order valence-corrected chi connectivity index (χ0v) is 19.9. The standard InChI is InChI=1S/C28H30N2O5/c1-32-22-10-12-23(13-11-22)35-26-9-5-8-24(29-26)25-20-30(16-19-34-25)27(31)28(14-17-33-18-15-28)21-6-3-2-4-7-21/h2-13,25H,14-20H2,1H3/t25-/m1/s1. The van der Waals surface area contributed by atoms with E-state index < -0.39 is 5.41 Å². The topological polar surface area (TPSA) is 70.1 Å². The summed E-state index contributed by atoms with van der Waals surface area (Å²) in [5, 5.41) is 0. The Kier molecular flexibility index (Phi) is 6.97. The maximum Gasteiger partial charge on any atom is 0.233 e. The number of morpholine rings is 1. The quantitative estimate of drug-likeness (QED) is 0.523. The fourth-order valence-electron chi connectivity index (χ4n) is 4.85. The molecule has 7 nitrogen and oxygen atoms in total.